The van der Waals surface area contributed by atoms with Crippen molar-refractivity contribution in [1.29, 1.82) is 5.26 Å². The van der Waals surface area contributed by atoms with Gasteiger partial charge in [-0.15, -0.1) is 0 Å². The molecule has 236 valence electrons. The van der Waals surface area contributed by atoms with Crippen molar-refractivity contribution in [3.8, 4) is 17.2 Å². The van der Waals surface area contributed by atoms with Gasteiger partial charge in [0.25, 0.3) is 5.56 Å². The maximum atomic E-state index is 15.6. The number of rotatable bonds is 12. The molecule has 0 saturated heterocycles. The topological polar surface area (TPSA) is 132 Å². The van der Waals surface area contributed by atoms with Crippen LogP contribution in [-0.4, -0.2) is 55.7 Å². The number of esters is 1. The molecule has 2 aromatic carbocycles. The molecule has 0 aliphatic heterocycles. The normalized spacial score (nSPS) is 17.2. The lowest BCUT2D eigenvalue weighted by Gasteiger charge is -2.32. The van der Waals surface area contributed by atoms with Crippen molar-refractivity contribution in [1.82, 2.24) is 19.2 Å². The molecule has 0 bridgehead atoms. The number of carbonyl (C=O) groups is 1. The van der Waals surface area contributed by atoms with Crippen LogP contribution < -0.4 is 5.56 Å². The molecule has 11 heteroatoms. The molecule has 0 radical (unpaired) electrons. The number of nitriles is 1. The number of benzene rings is 2. The third-order valence-electron chi connectivity index (χ3n) is 8.40. The van der Waals surface area contributed by atoms with Crippen LogP contribution in [0.25, 0.3) is 16.9 Å². The van der Waals surface area contributed by atoms with Crippen molar-refractivity contribution < 1.29 is 23.8 Å². The molecule has 1 N–H and O–H groups in total. The smallest absolute Gasteiger partial charge is 0.335 e. The largest absolute Gasteiger partial charge is 0.464 e. The molecule has 2 aromatic heterocycles. The maximum absolute atomic E-state index is 15.6. The summed E-state index contributed by atoms with van der Waals surface area (Å²) in [5.41, 5.74) is 3.04. The van der Waals surface area contributed by atoms with E-state index in [0.29, 0.717) is 71.4 Å². The lowest BCUT2D eigenvalue weighted by atomic mass is 9.92. The summed E-state index contributed by atoms with van der Waals surface area (Å²) in [4.78, 5) is 31.0. The number of ether oxygens (including phenoxy) is 2. The van der Waals surface area contributed by atoms with Gasteiger partial charge in [-0.05, 0) is 67.9 Å². The van der Waals surface area contributed by atoms with E-state index in [-0.39, 0.29) is 43.8 Å². The van der Waals surface area contributed by atoms with Crippen molar-refractivity contribution in [3.05, 3.63) is 87.3 Å². The predicted octanol–water partition coefficient (Wildman–Crippen LogP) is 4.93. The molecule has 4 aromatic rings. The summed E-state index contributed by atoms with van der Waals surface area (Å²) in [6.07, 6.45) is 4.36. The van der Waals surface area contributed by atoms with Crippen LogP contribution >= 0.6 is 0 Å². The van der Waals surface area contributed by atoms with E-state index in [1.165, 1.54) is 12.4 Å². The Hall–Kier alpha value is -4.40. The number of hydrogen-bond acceptors (Lipinski definition) is 8. The molecule has 10 nitrogen and oxygen atoms in total. The number of aliphatic hydroxyl groups is 1. The van der Waals surface area contributed by atoms with Crippen LogP contribution in [0.5, 0.6) is 0 Å². The first-order valence-electron chi connectivity index (χ1n) is 15.6. The third-order valence-corrected chi connectivity index (χ3v) is 8.40. The molecule has 1 fully saturated rings. The SMILES string of the molecule is CCCc1c(Cc2ccc(-c3ccccc3C#N)cc2F)c(=O)n(C2CCC(OC(CCO)C(=O)OCC)CC2)c2ncnn12. The number of aliphatic hydroxyl groups excluding tert-OH is 1. The molecule has 0 amide bonds. The number of halogens is 1. The van der Waals surface area contributed by atoms with Gasteiger partial charge in [0, 0.05) is 31.1 Å². The Bertz CT molecular complexity index is 1750. The van der Waals surface area contributed by atoms with Crippen LogP contribution in [0.1, 0.15) is 80.8 Å². The van der Waals surface area contributed by atoms with Gasteiger partial charge < -0.3 is 14.6 Å². The Morgan fingerprint density at radius 3 is 2.64 bits per heavy atom. The fourth-order valence-corrected chi connectivity index (χ4v) is 6.22. The number of aromatic nitrogens is 4. The monoisotopic (exact) mass is 615 g/mol. The fourth-order valence-electron chi connectivity index (χ4n) is 6.22. The average Bonchev–Trinajstić information content (AvgIpc) is 3.53. The summed E-state index contributed by atoms with van der Waals surface area (Å²) in [5.74, 6) is -0.491. The first-order chi connectivity index (χ1) is 21.9. The Morgan fingerprint density at radius 1 is 1.18 bits per heavy atom. The summed E-state index contributed by atoms with van der Waals surface area (Å²) < 4.78 is 30.2. The quantitative estimate of drug-likeness (QED) is 0.222. The van der Waals surface area contributed by atoms with E-state index in [9.17, 15) is 20.0 Å². The number of aryl methyl sites for hydroxylation is 1. The van der Waals surface area contributed by atoms with Crippen molar-refractivity contribution in [3.63, 3.8) is 0 Å². The zero-order valence-corrected chi connectivity index (χ0v) is 25.6. The highest BCUT2D eigenvalue weighted by atomic mass is 19.1. The maximum Gasteiger partial charge on any atom is 0.335 e. The van der Waals surface area contributed by atoms with Crippen LogP contribution in [0.15, 0.2) is 53.6 Å². The van der Waals surface area contributed by atoms with Gasteiger partial charge in [0.2, 0.25) is 5.78 Å². The van der Waals surface area contributed by atoms with Crippen molar-refractivity contribution in [2.75, 3.05) is 13.2 Å². The highest BCUT2D eigenvalue weighted by Gasteiger charge is 2.31. The van der Waals surface area contributed by atoms with Gasteiger partial charge in [-0.3, -0.25) is 9.36 Å². The summed E-state index contributed by atoms with van der Waals surface area (Å²) in [6, 6.07) is 13.9. The molecule has 1 unspecified atom stereocenters. The lowest BCUT2D eigenvalue weighted by molar-refractivity contribution is -0.163. The minimum absolute atomic E-state index is 0.0802. The van der Waals surface area contributed by atoms with E-state index < -0.39 is 17.9 Å². The highest BCUT2D eigenvalue weighted by molar-refractivity contribution is 5.74. The molecule has 45 heavy (non-hydrogen) atoms. The van der Waals surface area contributed by atoms with Crippen LogP contribution in [0.4, 0.5) is 4.39 Å². The van der Waals surface area contributed by atoms with E-state index in [4.69, 9.17) is 9.47 Å². The van der Waals surface area contributed by atoms with Crippen molar-refractivity contribution in [2.24, 2.45) is 0 Å². The second-order valence-corrected chi connectivity index (χ2v) is 11.3. The molecule has 1 atom stereocenters. The second kappa shape index (κ2) is 14.6. The van der Waals surface area contributed by atoms with E-state index in [2.05, 4.69) is 16.2 Å². The van der Waals surface area contributed by atoms with Crippen LogP contribution in [0, 0.1) is 17.1 Å². The van der Waals surface area contributed by atoms with Crippen LogP contribution in [0.2, 0.25) is 0 Å². The number of fused-ring (bicyclic) bond motifs is 1. The zero-order valence-electron chi connectivity index (χ0n) is 25.6. The number of nitrogens with zero attached hydrogens (tertiary/aromatic N) is 5. The number of hydrogen-bond donors (Lipinski definition) is 1. The summed E-state index contributed by atoms with van der Waals surface area (Å²) >= 11 is 0. The van der Waals surface area contributed by atoms with Crippen molar-refractivity contribution in [2.45, 2.75) is 83.5 Å². The Balaban J connectivity index is 1.44. The Morgan fingerprint density at radius 2 is 1.96 bits per heavy atom. The Kier molecular flexibility index (Phi) is 10.4. The van der Waals surface area contributed by atoms with Gasteiger partial charge in [-0.1, -0.05) is 43.7 Å². The first kappa shape index (κ1) is 32.0. The van der Waals surface area contributed by atoms with E-state index in [1.54, 1.807) is 46.3 Å². The van der Waals surface area contributed by atoms with E-state index >= 15 is 4.39 Å². The zero-order chi connectivity index (χ0) is 31.9. The molecule has 1 aliphatic carbocycles. The Labute approximate surface area is 261 Å². The third kappa shape index (κ3) is 6.82. The highest BCUT2D eigenvalue weighted by Crippen LogP contribution is 2.32. The molecule has 1 aliphatic rings. The van der Waals surface area contributed by atoms with Gasteiger partial charge >= 0.3 is 5.97 Å². The lowest BCUT2D eigenvalue weighted by Crippen LogP contribution is -2.37. The minimum Gasteiger partial charge on any atom is -0.464 e. The molecule has 5 rings (SSSR count). The van der Waals surface area contributed by atoms with Crippen LogP contribution in [-0.2, 0) is 27.1 Å². The first-order valence-corrected chi connectivity index (χ1v) is 15.6. The summed E-state index contributed by atoms with van der Waals surface area (Å²) in [5, 5.41) is 23.4. The minimum atomic E-state index is -0.836. The molecule has 2 heterocycles. The van der Waals surface area contributed by atoms with Gasteiger partial charge in [-0.25, -0.2) is 13.7 Å². The molecular formula is C34H38FN5O5. The molecule has 1 saturated carbocycles. The predicted molar refractivity (Wildman–Crippen MR) is 165 cm³/mol. The second-order valence-electron chi connectivity index (χ2n) is 11.3. The average molecular weight is 616 g/mol. The van der Waals surface area contributed by atoms with Crippen LogP contribution in [0.3, 0.4) is 0 Å². The van der Waals surface area contributed by atoms with Gasteiger partial charge in [0.15, 0.2) is 6.10 Å². The summed E-state index contributed by atoms with van der Waals surface area (Å²) in [7, 11) is 0. The van der Waals surface area contributed by atoms with E-state index in [1.807, 2.05) is 13.0 Å². The number of carbonyl (C=O) groups excluding carboxylic acids is 1. The molecular weight excluding hydrogens is 577 g/mol. The molecule has 0 spiro atoms. The van der Waals surface area contributed by atoms with Crippen molar-refractivity contribution >= 4 is 11.7 Å². The van der Waals surface area contributed by atoms with E-state index in [0.717, 1.165) is 6.42 Å². The summed E-state index contributed by atoms with van der Waals surface area (Å²) in [6.45, 7) is 3.78. The van der Waals surface area contributed by atoms with Gasteiger partial charge in [0.1, 0.15) is 12.1 Å². The standard InChI is InChI=1S/C34H38FN5O5/c1-3-7-30-28(18-23-11-10-22(19-29(23)35)27-9-6-5-8-24(27)20-36)32(42)39(34-37-21-38-40(30)34)25-12-14-26(15-13-25)45-31(16-17-41)33(43)44-4-2/h5-6,8-11,19,21,25-26,31,41H,3-4,7,12-18H2,1-2H3. The van der Waals surface area contributed by atoms with Gasteiger partial charge in [-0.2, -0.15) is 15.3 Å². The van der Waals surface area contributed by atoms with Gasteiger partial charge in [0.05, 0.1) is 30.0 Å². The fraction of sp³-hybridized carbons (Fsp3) is 0.441.